The molecule has 0 aliphatic rings. The Morgan fingerprint density at radius 2 is 1.27 bits per heavy atom. The van der Waals surface area contributed by atoms with Crippen LogP contribution in [0.2, 0.25) is 0 Å². The van der Waals surface area contributed by atoms with Crippen LogP contribution in [0.25, 0.3) is 0 Å². The van der Waals surface area contributed by atoms with E-state index in [1.165, 1.54) is 19.6 Å². The Balaban J connectivity index is 1.70. The number of rotatable bonds is 13. The summed E-state index contributed by atoms with van der Waals surface area (Å²) in [5.41, 5.74) is 9.31. The van der Waals surface area contributed by atoms with E-state index < -0.39 is 17.8 Å². The number of amides is 5. The smallest absolute Gasteiger partial charge is 0.329 e. The number of anilines is 4. The zero-order valence-electron chi connectivity index (χ0n) is 28.0. The van der Waals surface area contributed by atoms with E-state index in [1.54, 1.807) is 62.6 Å². The summed E-state index contributed by atoms with van der Waals surface area (Å²) in [6.45, 7) is 1.50. The molecule has 0 bridgehead atoms. The van der Waals surface area contributed by atoms with Crippen molar-refractivity contribution >= 4 is 46.5 Å². The van der Waals surface area contributed by atoms with E-state index in [9.17, 15) is 19.2 Å². The van der Waals surface area contributed by atoms with Crippen molar-refractivity contribution in [1.82, 2.24) is 4.90 Å². The molecule has 250 valence electrons. The quantitative estimate of drug-likeness (QED) is 0.225. The van der Waals surface area contributed by atoms with Crippen LogP contribution in [0.15, 0.2) is 103 Å². The second-order valence-electron chi connectivity index (χ2n) is 11.6. The van der Waals surface area contributed by atoms with Gasteiger partial charge in [-0.2, -0.15) is 0 Å². The first-order chi connectivity index (χ1) is 22.9. The van der Waals surface area contributed by atoms with Crippen LogP contribution in [0, 0.1) is 6.92 Å². The minimum atomic E-state index is -0.656. The average Bonchev–Trinajstić information content (AvgIpc) is 3.08. The van der Waals surface area contributed by atoms with Gasteiger partial charge >= 0.3 is 6.03 Å². The summed E-state index contributed by atoms with van der Waals surface area (Å²) in [5, 5.41) is 0. The van der Waals surface area contributed by atoms with Crippen molar-refractivity contribution < 1.29 is 23.9 Å². The molecule has 0 saturated heterocycles. The van der Waals surface area contributed by atoms with Gasteiger partial charge < -0.3 is 25.2 Å². The lowest BCUT2D eigenvalue weighted by molar-refractivity contribution is -0.121. The standard InChI is InChI=1S/C37H42N6O5/c1-27-13-9-10-20-33(27)43(37(47)41(5)30-17-11-14-28(21-30)23-39(2)3)25-36(46)42(24-35(45)40(4)29-15-7-6-8-16-29)31-18-12-19-32(22-31)48-26-34(38)44/h6-22H,23-26H2,1-5H3,(H2,38,44). The molecular formula is C37H42N6O5. The van der Waals surface area contributed by atoms with Gasteiger partial charge in [0.1, 0.15) is 18.8 Å². The number of carbonyl (C=O) groups is 4. The number of urea groups is 1. The number of primary amides is 1. The van der Waals surface area contributed by atoms with Gasteiger partial charge in [0.15, 0.2) is 6.61 Å². The van der Waals surface area contributed by atoms with E-state index in [1.807, 2.05) is 80.5 Å². The van der Waals surface area contributed by atoms with E-state index in [0.29, 0.717) is 29.3 Å². The number of likely N-dealkylation sites (N-methyl/N-ethyl adjacent to an activating group) is 1. The van der Waals surface area contributed by atoms with Gasteiger partial charge in [0.05, 0.1) is 0 Å². The number of carbonyl (C=O) groups excluding carboxylic acids is 4. The van der Waals surface area contributed by atoms with E-state index in [-0.39, 0.29) is 31.4 Å². The fourth-order valence-corrected chi connectivity index (χ4v) is 5.12. The molecule has 4 rings (SSSR count). The van der Waals surface area contributed by atoms with Gasteiger partial charge in [-0.1, -0.05) is 54.6 Å². The Morgan fingerprint density at radius 3 is 1.96 bits per heavy atom. The number of nitrogens with zero attached hydrogens (tertiary/aromatic N) is 5. The van der Waals surface area contributed by atoms with Crippen LogP contribution in [0.5, 0.6) is 5.75 Å². The van der Waals surface area contributed by atoms with Crippen molar-refractivity contribution in [1.29, 1.82) is 0 Å². The first kappa shape index (κ1) is 35.2. The molecule has 5 amide bonds. The zero-order valence-corrected chi connectivity index (χ0v) is 28.0. The van der Waals surface area contributed by atoms with Crippen molar-refractivity contribution in [2.45, 2.75) is 13.5 Å². The summed E-state index contributed by atoms with van der Waals surface area (Å²) in [6, 6.07) is 30.1. The number of hydrogen-bond acceptors (Lipinski definition) is 6. The van der Waals surface area contributed by atoms with E-state index >= 15 is 0 Å². The van der Waals surface area contributed by atoms with Crippen molar-refractivity contribution in [3.8, 4) is 5.75 Å². The maximum Gasteiger partial charge on any atom is 0.329 e. The second kappa shape index (κ2) is 16.2. The Kier molecular flexibility index (Phi) is 11.9. The fourth-order valence-electron chi connectivity index (χ4n) is 5.12. The number of benzene rings is 4. The minimum Gasteiger partial charge on any atom is -0.484 e. The highest BCUT2D eigenvalue weighted by Crippen LogP contribution is 2.26. The Bertz CT molecular complexity index is 1750. The molecule has 0 heterocycles. The molecule has 4 aromatic carbocycles. The molecule has 4 aromatic rings. The molecule has 0 aliphatic heterocycles. The summed E-state index contributed by atoms with van der Waals surface area (Å²) in [7, 11) is 7.25. The van der Waals surface area contributed by atoms with Crippen LogP contribution in [0.1, 0.15) is 11.1 Å². The number of nitrogens with two attached hydrogens (primary N) is 1. The third-order valence-electron chi connectivity index (χ3n) is 7.64. The molecule has 11 heteroatoms. The Labute approximate surface area is 281 Å². The van der Waals surface area contributed by atoms with E-state index in [2.05, 4.69) is 0 Å². The predicted octanol–water partition coefficient (Wildman–Crippen LogP) is 4.68. The maximum absolute atomic E-state index is 14.4. The van der Waals surface area contributed by atoms with Crippen LogP contribution in [-0.4, -0.2) is 76.5 Å². The average molecular weight is 651 g/mol. The van der Waals surface area contributed by atoms with E-state index in [0.717, 1.165) is 11.1 Å². The zero-order chi connectivity index (χ0) is 34.8. The highest BCUT2D eigenvalue weighted by Gasteiger charge is 2.29. The van der Waals surface area contributed by atoms with Crippen LogP contribution in [0.4, 0.5) is 27.5 Å². The second-order valence-corrected chi connectivity index (χ2v) is 11.6. The molecule has 0 aliphatic carbocycles. The predicted molar refractivity (Wildman–Crippen MR) is 189 cm³/mol. The van der Waals surface area contributed by atoms with Gasteiger partial charge in [0, 0.05) is 49.5 Å². The summed E-state index contributed by atoms with van der Waals surface area (Å²) >= 11 is 0. The molecule has 2 N–H and O–H groups in total. The summed E-state index contributed by atoms with van der Waals surface area (Å²) in [5.74, 6) is -1.24. The molecule has 0 fully saturated rings. The first-order valence-corrected chi connectivity index (χ1v) is 15.4. The largest absolute Gasteiger partial charge is 0.484 e. The summed E-state index contributed by atoms with van der Waals surface area (Å²) in [6.07, 6.45) is 0. The number of para-hydroxylation sites is 2. The lowest BCUT2D eigenvalue weighted by atomic mass is 10.1. The summed E-state index contributed by atoms with van der Waals surface area (Å²) in [4.78, 5) is 61.4. The monoisotopic (exact) mass is 650 g/mol. The highest BCUT2D eigenvalue weighted by molar-refractivity contribution is 6.10. The number of hydrogen-bond donors (Lipinski definition) is 1. The minimum absolute atomic E-state index is 0.289. The Hall–Kier alpha value is -5.68. The molecule has 0 spiro atoms. The van der Waals surface area contributed by atoms with E-state index in [4.69, 9.17) is 10.5 Å². The maximum atomic E-state index is 14.4. The SMILES string of the molecule is Cc1ccccc1N(CC(=O)N(CC(=O)N(C)c1ccccc1)c1cccc(OCC(N)=O)c1)C(=O)N(C)c1cccc(CN(C)C)c1. The van der Waals surface area contributed by atoms with Crippen molar-refractivity contribution in [3.05, 3.63) is 114 Å². The van der Waals surface area contributed by atoms with Gasteiger partial charge in [0.25, 0.3) is 5.91 Å². The Morgan fingerprint density at radius 1 is 0.646 bits per heavy atom. The van der Waals surface area contributed by atoms with Crippen LogP contribution >= 0.6 is 0 Å². The van der Waals surface area contributed by atoms with Crippen LogP contribution in [-0.2, 0) is 20.9 Å². The lowest BCUT2D eigenvalue weighted by Crippen LogP contribution is -2.50. The van der Waals surface area contributed by atoms with Gasteiger partial charge in [0.2, 0.25) is 11.8 Å². The molecule has 0 saturated carbocycles. The lowest BCUT2D eigenvalue weighted by Gasteiger charge is -2.32. The molecule has 0 atom stereocenters. The van der Waals surface area contributed by atoms with Gasteiger partial charge in [-0.25, -0.2) is 4.79 Å². The van der Waals surface area contributed by atoms with Gasteiger partial charge in [-0.3, -0.25) is 24.2 Å². The van der Waals surface area contributed by atoms with Crippen molar-refractivity contribution in [2.75, 3.05) is 67.5 Å². The molecule has 48 heavy (non-hydrogen) atoms. The number of ether oxygens (including phenoxy) is 1. The van der Waals surface area contributed by atoms with Crippen molar-refractivity contribution in [3.63, 3.8) is 0 Å². The highest BCUT2D eigenvalue weighted by atomic mass is 16.5. The third kappa shape index (κ3) is 9.20. The van der Waals surface area contributed by atoms with Crippen molar-refractivity contribution in [2.24, 2.45) is 5.73 Å². The van der Waals surface area contributed by atoms with Gasteiger partial charge in [-0.05, 0) is 74.6 Å². The van der Waals surface area contributed by atoms with Crippen LogP contribution < -0.4 is 30.1 Å². The fraction of sp³-hybridized carbons (Fsp3) is 0.243. The third-order valence-corrected chi connectivity index (χ3v) is 7.64. The van der Waals surface area contributed by atoms with Crippen LogP contribution in [0.3, 0.4) is 0 Å². The molecule has 0 unspecified atom stereocenters. The summed E-state index contributed by atoms with van der Waals surface area (Å²) < 4.78 is 5.50. The first-order valence-electron chi connectivity index (χ1n) is 15.4. The molecular weight excluding hydrogens is 608 g/mol. The normalized spacial score (nSPS) is 10.7. The molecule has 11 nitrogen and oxygen atoms in total. The molecule has 0 radical (unpaired) electrons. The topological polar surface area (TPSA) is 120 Å². The number of aryl methyl sites for hydroxylation is 1. The van der Waals surface area contributed by atoms with Gasteiger partial charge in [-0.15, -0.1) is 0 Å². The molecule has 0 aromatic heterocycles.